The minimum atomic E-state index is -0.828. The summed E-state index contributed by atoms with van der Waals surface area (Å²) in [5.41, 5.74) is 2.61. The molecule has 19 nitrogen and oxygen atoms in total. The summed E-state index contributed by atoms with van der Waals surface area (Å²) in [5.74, 6) is 0.521. The lowest BCUT2D eigenvalue weighted by Gasteiger charge is -2.36. The Morgan fingerprint density at radius 2 is 1.10 bits per heavy atom. The third-order valence-corrected chi connectivity index (χ3v) is 19.7. The monoisotopic (exact) mass is 1290 g/mol. The highest BCUT2D eigenvalue weighted by Crippen LogP contribution is 2.44. The Bertz CT molecular complexity index is 3440. The minimum absolute atomic E-state index is 0. The predicted molar refractivity (Wildman–Crippen MR) is 358 cm³/mol. The Kier molecular flexibility index (Phi) is 24.8. The average molecular weight is 1290 g/mol. The van der Waals surface area contributed by atoms with Crippen molar-refractivity contribution in [1.29, 1.82) is 0 Å². The standard InChI is InChI=1S/C38H50N4O7S.C31H40N4O4S.CH4/c1-24(41(6)37(46)49-38(3,4)5)34(44)40-33(27-14-8-7-9-15-27)36(45)42-20-12-17-30(42)35-39-29(23-50-35)32-28-16-11-10-13-26(28)18-19-31(32)48-22-21-47-25(2)43;1-20(32-2)29(37)34-28(22-10-4-3-5-11-22)31(38)35-16-8-13-25(35)30-33-24(19-40-30)27-23-12-7-6-9-21(23)14-15-26(27)39-18-17-36;/h10-11,13,16,18-19,23-24,27,30,33H,7-9,12,14-15,17,20-22H2,1-6H3,(H,40,44);6-7,9,12,14-15,19-20,22,25,28,32,36H,3-5,8,10-11,13,16-18H2,1-2H3,(H,34,37);1H4/t24-,30?,33-;20-,25?,28-;/m00./s1. The highest BCUT2D eigenvalue weighted by molar-refractivity contribution is 7.10. The van der Waals surface area contributed by atoms with Crippen molar-refractivity contribution in [3.63, 3.8) is 0 Å². The van der Waals surface area contributed by atoms with Crippen LogP contribution < -0.4 is 25.4 Å². The van der Waals surface area contributed by atoms with Gasteiger partial charge in [0.15, 0.2) is 0 Å². The SMILES string of the molecule is C.CC(=O)OCCOc1ccc2ccccc2c1-c1csc(C2CCCN2C(=O)[C@@H](NC(=O)[C@H](C)N(C)C(=O)OC(C)(C)C)C2CCCCC2)n1.CN[C@@H](C)C(=O)N[C@H](C(=O)N1CCCC1c1nc(-c2c(OCCO)ccc3ccccc23)cs1)C1CCCCC1. The number of hydrogen-bond acceptors (Lipinski definition) is 16. The van der Waals surface area contributed by atoms with Crippen LogP contribution in [0.5, 0.6) is 11.5 Å². The van der Waals surface area contributed by atoms with E-state index in [1.165, 1.54) is 29.6 Å². The number of esters is 1. The molecule has 0 radical (unpaired) electrons. The van der Waals surface area contributed by atoms with Gasteiger partial charge in [-0.25, -0.2) is 14.8 Å². The van der Waals surface area contributed by atoms with Crippen molar-refractivity contribution in [3.8, 4) is 34.0 Å². The van der Waals surface area contributed by atoms with Crippen LogP contribution in [0.25, 0.3) is 44.1 Å². The summed E-state index contributed by atoms with van der Waals surface area (Å²) in [6, 6.07) is 21.3. The summed E-state index contributed by atoms with van der Waals surface area (Å²) in [6.45, 7) is 11.9. The molecule has 91 heavy (non-hydrogen) atoms. The van der Waals surface area contributed by atoms with Crippen molar-refractivity contribution in [2.75, 3.05) is 53.6 Å². The molecule has 2 saturated heterocycles. The number of fused-ring (bicyclic) bond motifs is 2. The number of likely N-dealkylation sites (N-methyl/N-ethyl adjacent to an activating group) is 2. The molecular weight excluding hydrogens is 1190 g/mol. The molecule has 10 rings (SSSR count). The van der Waals surface area contributed by atoms with E-state index in [0.717, 1.165) is 138 Å². The Morgan fingerprint density at radius 3 is 1.55 bits per heavy atom. The van der Waals surface area contributed by atoms with Crippen LogP contribution in [0, 0.1) is 11.8 Å². The van der Waals surface area contributed by atoms with Gasteiger partial charge in [0.25, 0.3) is 0 Å². The number of thiazole rings is 2. The van der Waals surface area contributed by atoms with E-state index < -0.39 is 29.8 Å². The van der Waals surface area contributed by atoms with Crippen molar-refractivity contribution >= 4 is 79.9 Å². The normalized spacial score (nSPS) is 18.4. The van der Waals surface area contributed by atoms with Gasteiger partial charge in [0.05, 0.1) is 47.2 Å². The molecule has 2 aliphatic carbocycles. The zero-order valence-electron chi connectivity index (χ0n) is 53.4. The quantitative estimate of drug-likeness (QED) is 0.0388. The van der Waals surface area contributed by atoms with Gasteiger partial charge in [-0.1, -0.05) is 107 Å². The van der Waals surface area contributed by atoms with Crippen LogP contribution in [0.1, 0.15) is 161 Å². The molecular formula is C70H94N8O11S2. The fraction of sp³-hybridized carbons (Fsp3) is 0.543. The van der Waals surface area contributed by atoms with Crippen molar-refractivity contribution in [1.82, 2.24) is 40.6 Å². The first kappa shape index (κ1) is 69.7. The Hall–Kier alpha value is -7.20. The molecule has 5 amide bonds. The van der Waals surface area contributed by atoms with Gasteiger partial charge in [0, 0.05) is 37.8 Å². The van der Waals surface area contributed by atoms with Crippen molar-refractivity contribution < 1.29 is 52.8 Å². The molecule has 4 aliphatic rings. The van der Waals surface area contributed by atoms with Gasteiger partial charge >= 0.3 is 12.1 Å². The van der Waals surface area contributed by atoms with Crippen molar-refractivity contribution in [2.45, 2.75) is 181 Å². The fourth-order valence-corrected chi connectivity index (χ4v) is 14.8. The first-order valence-electron chi connectivity index (χ1n) is 32.1. The lowest BCUT2D eigenvalue weighted by atomic mass is 9.83. The largest absolute Gasteiger partial charge is 0.490 e. The molecule has 0 spiro atoms. The second-order valence-electron chi connectivity index (χ2n) is 25.1. The molecule has 4 aromatic carbocycles. The van der Waals surface area contributed by atoms with E-state index in [2.05, 4.69) is 28.1 Å². The van der Waals surface area contributed by atoms with Crippen LogP contribution >= 0.6 is 22.7 Å². The number of likely N-dealkylation sites (tertiary alicyclic amines) is 2. The van der Waals surface area contributed by atoms with E-state index in [1.54, 1.807) is 53.1 Å². The van der Waals surface area contributed by atoms with Crippen LogP contribution in [0.15, 0.2) is 83.6 Å². The summed E-state index contributed by atoms with van der Waals surface area (Å²) in [6.07, 6.45) is 12.9. The lowest BCUT2D eigenvalue weighted by molar-refractivity contribution is -0.141. The van der Waals surface area contributed by atoms with E-state index in [0.29, 0.717) is 24.6 Å². The molecule has 21 heteroatoms. The molecule has 4 N–H and O–H groups in total. The number of ether oxygens (including phenoxy) is 4. The number of nitrogens with one attached hydrogen (secondary N) is 3. The molecule has 4 fully saturated rings. The van der Waals surface area contributed by atoms with E-state index in [-0.39, 0.29) is 93.4 Å². The number of amides is 5. The Morgan fingerprint density at radius 1 is 0.637 bits per heavy atom. The number of benzene rings is 4. The van der Waals surface area contributed by atoms with E-state index in [4.69, 9.17) is 28.9 Å². The number of aromatic nitrogens is 2. The molecule has 2 saturated carbocycles. The maximum atomic E-state index is 14.5. The van der Waals surface area contributed by atoms with Crippen LogP contribution in [0.4, 0.5) is 4.79 Å². The average Bonchev–Trinajstić information content (AvgIpc) is 1.78. The van der Waals surface area contributed by atoms with Gasteiger partial charge in [-0.05, 0) is 139 Å². The van der Waals surface area contributed by atoms with Crippen LogP contribution in [-0.2, 0) is 33.4 Å². The second kappa shape index (κ2) is 32.4. The predicted octanol–water partition coefficient (Wildman–Crippen LogP) is 12.2. The third kappa shape index (κ3) is 17.3. The maximum Gasteiger partial charge on any atom is 0.410 e. The van der Waals surface area contributed by atoms with Gasteiger partial charge in [-0.15, -0.1) is 22.7 Å². The molecule has 2 aromatic heterocycles. The number of rotatable bonds is 21. The van der Waals surface area contributed by atoms with Crippen LogP contribution in [-0.4, -0.2) is 149 Å². The summed E-state index contributed by atoms with van der Waals surface area (Å²) in [7, 11) is 3.30. The molecule has 6 aromatic rings. The second-order valence-corrected chi connectivity index (χ2v) is 26.9. The summed E-state index contributed by atoms with van der Waals surface area (Å²) < 4.78 is 22.6. The summed E-state index contributed by atoms with van der Waals surface area (Å²) in [4.78, 5) is 94.5. The maximum absolute atomic E-state index is 14.5. The van der Waals surface area contributed by atoms with Crippen LogP contribution in [0.2, 0.25) is 0 Å². The smallest absolute Gasteiger partial charge is 0.410 e. The first-order valence-corrected chi connectivity index (χ1v) is 33.9. The highest BCUT2D eigenvalue weighted by atomic mass is 32.1. The first-order chi connectivity index (χ1) is 43.3. The third-order valence-electron chi connectivity index (χ3n) is 17.8. The van der Waals surface area contributed by atoms with Gasteiger partial charge < -0.3 is 49.8 Å². The number of aliphatic hydroxyl groups excluding tert-OH is 1. The molecule has 6 atom stereocenters. The summed E-state index contributed by atoms with van der Waals surface area (Å²) >= 11 is 3.08. The molecule has 492 valence electrons. The van der Waals surface area contributed by atoms with Crippen molar-refractivity contribution in [2.24, 2.45) is 11.8 Å². The molecule has 2 unspecified atom stereocenters. The van der Waals surface area contributed by atoms with E-state index >= 15 is 0 Å². The number of nitrogens with zero attached hydrogens (tertiary/aromatic N) is 5. The van der Waals surface area contributed by atoms with Gasteiger partial charge in [-0.3, -0.25) is 28.9 Å². The molecule has 4 heterocycles. The number of hydrogen-bond donors (Lipinski definition) is 4. The number of carbonyl (C=O) groups is 6. The number of aliphatic hydroxyl groups is 1. The Labute approximate surface area is 544 Å². The van der Waals surface area contributed by atoms with Gasteiger partial charge in [0.1, 0.15) is 65.1 Å². The van der Waals surface area contributed by atoms with Crippen molar-refractivity contribution in [3.05, 3.63) is 93.6 Å². The van der Waals surface area contributed by atoms with E-state index in [9.17, 15) is 33.9 Å². The lowest BCUT2D eigenvalue weighted by Crippen LogP contribution is -2.56. The van der Waals surface area contributed by atoms with Crippen LogP contribution in [0.3, 0.4) is 0 Å². The highest BCUT2D eigenvalue weighted by Gasteiger charge is 2.43. The fourth-order valence-electron chi connectivity index (χ4n) is 12.9. The minimum Gasteiger partial charge on any atom is -0.490 e. The van der Waals surface area contributed by atoms with E-state index in [1.807, 2.05) is 88.1 Å². The summed E-state index contributed by atoms with van der Waals surface area (Å²) in [5, 5.41) is 28.5. The molecule has 2 aliphatic heterocycles. The zero-order chi connectivity index (χ0) is 64.1. The van der Waals surface area contributed by atoms with Gasteiger partial charge in [-0.2, -0.15) is 0 Å². The topological polar surface area (TPSA) is 231 Å². The number of carbonyl (C=O) groups excluding carboxylic acids is 6. The van der Waals surface area contributed by atoms with Gasteiger partial charge in [0.2, 0.25) is 23.6 Å². The molecule has 0 bridgehead atoms. The zero-order valence-corrected chi connectivity index (χ0v) is 55.1. The Balaban J connectivity index is 0.000000237.